The molecular formula is C18H32O. The van der Waals surface area contributed by atoms with Crippen molar-refractivity contribution in [3.8, 4) is 0 Å². The lowest BCUT2D eigenvalue weighted by atomic mass is 9.48. The van der Waals surface area contributed by atoms with Crippen molar-refractivity contribution in [2.45, 2.75) is 84.2 Å². The molecule has 1 nitrogen and oxygen atoms in total. The van der Waals surface area contributed by atoms with Crippen molar-refractivity contribution >= 4 is 0 Å². The molecule has 4 fully saturated rings. The molecule has 4 rings (SSSR count). The number of hydrogen-bond donors (Lipinski definition) is 1. The predicted molar refractivity (Wildman–Crippen MR) is 79.9 cm³/mol. The Balaban J connectivity index is 1.51. The van der Waals surface area contributed by atoms with Crippen molar-refractivity contribution in [1.29, 1.82) is 0 Å². The van der Waals surface area contributed by atoms with Crippen LogP contribution < -0.4 is 0 Å². The van der Waals surface area contributed by atoms with Crippen molar-refractivity contribution in [3.63, 3.8) is 0 Å². The fourth-order valence-corrected chi connectivity index (χ4v) is 5.90. The van der Waals surface area contributed by atoms with E-state index in [4.69, 9.17) is 0 Å². The summed E-state index contributed by atoms with van der Waals surface area (Å²) in [7, 11) is 0. The molecule has 0 aromatic rings. The Kier molecular flexibility index (Phi) is 3.95. The molecule has 0 aromatic carbocycles. The van der Waals surface area contributed by atoms with Crippen LogP contribution in [-0.4, -0.2) is 11.2 Å². The summed E-state index contributed by atoms with van der Waals surface area (Å²) in [6, 6.07) is 0. The third kappa shape index (κ3) is 3.17. The number of aliphatic hydroxyl groups excluding tert-OH is 1. The van der Waals surface area contributed by atoms with E-state index in [9.17, 15) is 5.11 Å². The summed E-state index contributed by atoms with van der Waals surface area (Å²) in [5, 5.41) is 10.4. The summed E-state index contributed by atoms with van der Waals surface area (Å²) in [4.78, 5) is 0. The molecule has 1 N–H and O–H groups in total. The zero-order valence-corrected chi connectivity index (χ0v) is 12.9. The van der Waals surface area contributed by atoms with Crippen LogP contribution in [-0.2, 0) is 0 Å². The highest BCUT2D eigenvalue weighted by Crippen LogP contribution is 2.61. The lowest BCUT2D eigenvalue weighted by Crippen LogP contribution is -2.47. The largest absolute Gasteiger partial charge is 0.393 e. The van der Waals surface area contributed by atoms with Gasteiger partial charge in [-0.15, -0.1) is 0 Å². The molecule has 4 aliphatic rings. The molecule has 1 heteroatoms. The normalized spacial score (nSPS) is 42.0. The molecule has 0 radical (unpaired) electrons. The molecular weight excluding hydrogens is 232 g/mol. The van der Waals surface area contributed by atoms with Crippen molar-refractivity contribution in [3.05, 3.63) is 0 Å². The van der Waals surface area contributed by atoms with E-state index in [1.807, 2.05) is 0 Å². The second-order valence-corrected chi connectivity index (χ2v) is 8.60. The van der Waals surface area contributed by atoms with Crippen molar-refractivity contribution in [2.75, 3.05) is 0 Å². The smallest absolute Gasteiger partial charge is 0.0545 e. The Labute approximate surface area is 119 Å². The van der Waals surface area contributed by atoms with E-state index in [0.717, 1.165) is 36.5 Å². The zero-order valence-electron chi connectivity index (χ0n) is 12.9. The maximum Gasteiger partial charge on any atom is 0.0545 e. The van der Waals surface area contributed by atoms with Gasteiger partial charge in [0, 0.05) is 0 Å². The van der Waals surface area contributed by atoms with Crippen LogP contribution in [0.1, 0.15) is 78.1 Å². The highest BCUT2D eigenvalue weighted by atomic mass is 16.3. The van der Waals surface area contributed by atoms with E-state index in [-0.39, 0.29) is 6.10 Å². The molecule has 4 aliphatic carbocycles. The lowest BCUT2D eigenvalue weighted by Gasteiger charge is -2.57. The second kappa shape index (κ2) is 5.39. The van der Waals surface area contributed by atoms with Gasteiger partial charge in [-0.3, -0.25) is 0 Å². The van der Waals surface area contributed by atoms with E-state index >= 15 is 0 Å². The van der Waals surface area contributed by atoms with Crippen LogP contribution in [0.2, 0.25) is 0 Å². The zero-order chi connectivity index (χ0) is 13.5. The first-order valence-electron chi connectivity index (χ1n) is 8.73. The van der Waals surface area contributed by atoms with Gasteiger partial charge in [0.25, 0.3) is 0 Å². The minimum atomic E-state index is -0.0185. The summed E-state index contributed by atoms with van der Waals surface area (Å²) in [6.45, 7) is 4.57. The number of aliphatic hydroxyl groups is 1. The van der Waals surface area contributed by atoms with E-state index in [2.05, 4.69) is 13.8 Å². The van der Waals surface area contributed by atoms with Crippen LogP contribution in [0, 0.1) is 29.1 Å². The van der Waals surface area contributed by atoms with Crippen molar-refractivity contribution in [2.24, 2.45) is 29.1 Å². The van der Waals surface area contributed by atoms with Gasteiger partial charge < -0.3 is 5.11 Å². The van der Waals surface area contributed by atoms with Gasteiger partial charge in [-0.1, -0.05) is 26.7 Å². The maximum atomic E-state index is 10.4. The second-order valence-electron chi connectivity index (χ2n) is 8.60. The van der Waals surface area contributed by atoms with Gasteiger partial charge in [0.2, 0.25) is 0 Å². The van der Waals surface area contributed by atoms with Gasteiger partial charge in [0.15, 0.2) is 0 Å². The highest BCUT2D eigenvalue weighted by Gasteiger charge is 2.51. The average molecular weight is 264 g/mol. The third-order valence-electron chi connectivity index (χ3n) is 6.15. The molecule has 0 aromatic heterocycles. The predicted octanol–water partition coefficient (Wildman–Crippen LogP) is 4.78. The number of rotatable bonds is 6. The Morgan fingerprint density at radius 2 is 1.47 bits per heavy atom. The van der Waals surface area contributed by atoms with Crippen LogP contribution in [0.3, 0.4) is 0 Å². The van der Waals surface area contributed by atoms with Crippen LogP contribution in [0.25, 0.3) is 0 Å². The van der Waals surface area contributed by atoms with Crippen molar-refractivity contribution in [1.82, 2.24) is 0 Å². The third-order valence-corrected chi connectivity index (χ3v) is 6.15. The first-order chi connectivity index (χ1) is 9.05. The molecule has 0 spiro atoms. The maximum absolute atomic E-state index is 10.4. The van der Waals surface area contributed by atoms with Crippen LogP contribution in [0.15, 0.2) is 0 Å². The minimum Gasteiger partial charge on any atom is -0.393 e. The Hall–Kier alpha value is -0.0400. The fraction of sp³-hybridized carbons (Fsp3) is 1.00. The molecule has 4 bridgehead atoms. The summed E-state index contributed by atoms with van der Waals surface area (Å²) in [5.74, 6) is 3.85. The molecule has 0 aliphatic heterocycles. The molecule has 4 saturated carbocycles. The SMILES string of the molecule is CC(C)CCCC(O)CC12CC3CC(CC(C3)C1)C2. The Bertz CT molecular complexity index is 272. The van der Waals surface area contributed by atoms with E-state index in [1.165, 1.54) is 51.4 Å². The van der Waals surface area contributed by atoms with Gasteiger partial charge in [-0.2, -0.15) is 0 Å². The molecule has 0 heterocycles. The van der Waals surface area contributed by atoms with Crippen LogP contribution >= 0.6 is 0 Å². The molecule has 0 saturated heterocycles. The first kappa shape index (κ1) is 13.9. The summed E-state index contributed by atoms with van der Waals surface area (Å²) in [5.41, 5.74) is 0.562. The van der Waals surface area contributed by atoms with Gasteiger partial charge in [-0.05, 0) is 80.5 Å². The van der Waals surface area contributed by atoms with Gasteiger partial charge in [0.05, 0.1) is 6.10 Å². The number of hydrogen-bond acceptors (Lipinski definition) is 1. The van der Waals surface area contributed by atoms with E-state index in [0.29, 0.717) is 5.41 Å². The summed E-state index contributed by atoms with van der Waals surface area (Å²) < 4.78 is 0. The quantitative estimate of drug-likeness (QED) is 0.732. The topological polar surface area (TPSA) is 20.2 Å². The molecule has 0 amide bonds. The van der Waals surface area contributed by atoms with Crippen molar-refractivity contribution < 1.29 is 5.11 Å². The fourth-order valence-electron chi connectivity index (χ4n) is 5.90. The molecule has 110 valence electrons. The minimum absolute atomic E-state index is 0.0185. The Morgan fingerprint density at radius 3 is 1.95 bits per heavy atom. The standard InChI is InChI=1S/C18H32O/c1-13(2)4-3-5-17(19)12-18-9-14-6-15(10-18)8-16(7-14)11-18/h13-17,19H,3-12H2,1-2H3. The van der Waals surface area contributed by atoms with Gasteiger partial charge >= 0.3 is 0 Å². The average Bonchev–Trinajstić information content (AvgIpc) is 2.25. The lowest BCUT2D eigenvalue weighted by molar-refractivity contribution is -0.0768. The summed E-state index contributed by atoms with van der Waals surface area (Å²) >= 11 is 0. The van der Waals surface area contributed by atoms with Gasteiger partial charge in [-0.25, -0.2) is 0 Å². The first-order valence-corrected chi connectivity index (χ1v) is 8.73. The van der Waals surface area contributed by atoms with E-state index < -0.39 is 0 Å². The summed E-state index contributed by atoms with van der Waals surface area (Å²) in [6.07, 6.45) is 13.5. The highest BCUT2D eigenvalue weighted by molar-refractivity contribution is 5.01. The molecule has 1 atom stereocenters. The monoisotopic (exact) mass is 264 g/mol. The molecule has 1 unspecified atom stereocenters. The van der Waals surface area contributed by atoms with Gasteiger partial charge in [0.1, 0.15) is 0 Å². The molecule has 19 heavy (non-hydrogen) atoms. The van der Waals surface area contributed by atoms with E-state index in [1.54, 1.807) is 0 Å². The van der Waals surface area contributed by atoms with Crippen LogP contribution in [0.4, 0.5) is 0 Å². The van der Waals surface area contributed by atoms with Crippen LogP contribution in [0.5, 0.6) is 0 Å². The Morgan fingerprint density at radius 1 is 0.947 bits per heavy atom.